The van der Waals surface area contributed by atoms with E-state index in [2.05, 4.69) is 17.4 Å². The van der Waals surface area contributed by atoms with Gasteiger partial charge in [0.1, 0.15) is 5.82 Å². The lowest BCUT2D eigenvalue weighted by molar-refractivity contribution is 0.163. The van der Waals surface area contributed by atoms with Crippen LogP contribution in [0.25, 0.3) is 0 Å². The minimum atomic E-state index is -0.823. The molecule has 0 amide bonds. The van der Waals surface area contributed by atoms with Crippen molar-refractivity contribution in [1.82, 2.24) is 5.32 Å². The molecule has 2 aromatic rings. The van der Waals surface area contributed by atoms with Gasteiger partial charge in [0.05, 0.1) is 6.10 Å². The van der Waals surface area contributed by atoms with Crippen molar-refractivity contribution in [2.24, 2.45) is 5.92 Å². The zero-order chi connectivity index (χ0) is 14.7. The monoisotopic (exact) mass is 285 g/mol. The molecule has 1 aliphatic rings. The molecule has 0 aromatic heterocycles. The predicted octanol–water partition coefficient (Wildman–Crippen LogP) is 3.60. The normalized spacial score (nSPS) is 17.4. The molecular weight excluding hydrogens is 265 g/mol. The summed E-state index contributed by atoms with van der Waals surface area (Å²) in [5.74, 6) is 0.273. The Kier molecular flexibility index (Phi) is 4.32. The Hall–Kier alpha value is -1.71. The number of halogens is 1. The lowest BCUT2D eigenvalue weighted by Gasteiger charge is -2.21. The zero-order valence-corrected chi connectivity index (χ0v) is 11.9. The van der Waals surface area contributed by atoms with Crippen molar-refractivity contribution in [3.63, 3.8) is 0 Å². The van der Waals surface area contributed by atoms with E-state index in [1.54, 1.807) is 18.2 Å². The summed E-state index contributed by atoms with van der Waals surface area (Å²) < 4.78 is 13.7. The number of hydrogen-bond donors (Lipinski definition) is 2. The van der Waals surface area contributed by atoms with Crippen LogP contribution in [0, 0.1) is 11.7 Å². The van der Waals surface area contributed by atoms with E-state index in [1.165, 1.54) is 24.5 Å². The van der Waals surface area contributed by atoms with E-state index in [1.807, 2.05) is 18.2 Å². The summed E-state index contributed by atoms with van der Waals surface area (Å²) >= 11 is 0. The van der Waals surface area contributed by atoms with Crippen LogP contribution < -0.4 is 5.32 Å². The van der Waals surface area contributed by atoms with E-state index in [-0.39, 0.29) is 11.9 Å². The predicted molar refractivity (Wildman–Crippen MR) is 81.3 cm³/mol. The Morgan fingerprint density at radius 1 is 1.05 bits per heavy atom. The third-order valence-electron chi connectivity index (χ3n) is 4.05. The van der Waals surface area contributed by atoms with Crippen molar-refractivity contribution in [2.75, 3.05) is 6.54 Å². The number of aliphatic hydroxyl groups is 1. The summed E-state index contributed by atoms with van der Waals surface area (Å²) in [5.41, 5.74) is 1.59. The molecule has 110 valence electrons. The largest absolute Gasteiger partial charge is 0.387 e. The van der Waals surface area contributed by atoms with Crippen LogP contribution in [0.3, 0.4) is 0 Å². The first-order valence-electron chi connectivity index (χ1n) is 7.46. The number of benzene rings is 2. The highest BCUT2D eigenvalue weighted by Crippen LogP contribution is 2.41. The fourth-order valence-electron chi connectivity index (χ4n) is 2.74. The van der Waals surface area contributed by atoms with Gasteiger partial charge < -0.3 is 10.4 Å². The van der Waals surface area contributed by atoms with Crippen molar-refractivity contribution in [3.05, 3.63) is 71.5 Å². The van der Waals surface area contributed by atoms with Gasteiger partial charge >= 0.3 is 0 Å². The van der Waals surface area contributed by atoms with E-state index in [0.717, 1.165) is 0 Å². The summed E-state index contributed by atoms with van der Waals surface area (Å²) in [5, 5.41) is 13.6. The first-order chi connectivity index (χ1) is 10.3. The van der Waals surface area contributed by atoms with Crippen molar-refractivity contribution < 1.29 is 9.50 Å². The van der Waals surface area contributed by atoms with Crippen LogP contribution in [0.1, 0.15) is 36.1 Å². The summed E-state index contributed by atoms with van der Waals surface area (Å²) in [4.78, 5) is 0. The van der Waals surface area contributed by atoms with Gasteiger partial charge in [0.2, 0.25) is 0 Å². The Morgan fingerprint density at radius 2 is 1.71 bits per heavy atom. The van der Waals surface area contributed by atoms with E-state index >= 15 is 0 Å². The highest BCUT2D eigenvalue weighted by Gasteiger charge is 2.32. The summed E-state index contributed by atoms with van der Waals surface area (Å²) in [6.45, 7) is 0.358. The lowest BCUT2D eigenvalue weighted by atomic mass is 10.0. The Bertz CT molecular complexity index is 583. The highest BCUT2D eigenvalue weighted by atomic mass is 19.1. The molecule has 0 spiro atoms. The standard InChI is InChI=1S/C18H20FNO/c19-16-9-5-4-8-15(16)17(21)12-20-18(14-10-11-14)13-6-2-1-3-7-13/h1-9,14,17-18,20-21H,10-12H2. The van der Waals surface area contributed by atoms with Crippen LogP contribution in [0.4, 0.5) is 4.39 Å². The highest BCUT2D eigenvalue weighted by molar-refractivity contribution is 5.22. The molecule has 0 bridgehead atoms. The van der Waals surface area contributed by atoms with Crippen LogP contribution in [-0.4, -0.2) is 11.7 Å². The molecule has 3 heteroatoms. The molecule has 21 heavy (non-hydrogen) atoms. The zero-order valence-electron chi connectivity index (χ0n) is 11.9. The van der Waals surface area contributed by atoms with Crippen molar-refractivity contribution in [1.29, 1.82) is 0 Å². The van der Waals surface area contributed by atoms with E-state index in [0.29, 0.717) is 18.0 Å². The van der Waals surface area contributed by atoms with Crippen LogP contribution in [-0.2, 0) is 0 Å². The van der Waals surface area contributed by atoms with Crippen LogP contribution in [0.5, 0.6) is 0 Å². The summed E-state index contributed by atoms with van der Waals surface area (Å²) in [6.07, 6.45) is 1.60. The molecule has 1 saturated carbocycles. The molecule has 0 aliphatic heterocycles. The van der Waals surface area contributed by atoms with Crippen molar-refractivity contribution >= 4 is 0 Å². The quantitative estimate of drug-likeness (QED) is 0.850. The maximum Gasteiger partial charge on any atom is 0.129 e. The molecular formula is C18H20FNO. The fraction of sp³-hybridized carbons (Fsp3) is 0.333. The SMILES string of the molecule is OC(CNC(c1ccccc1)C1CC1)c1ccccc1F. The molecule has 2 aromatic carbocycles. The summed E-state index contributed by atoms with van der Waals surface area (Å²) in [6, 6.07) is 16.9. The molecule has 2 unspecified atom stereocenters. The summed E-state index contributed by atoms with van der Waals surface area (Å²) in [7, 11) is 0. The maximum atomic E-state index is 13.7. The second kappa shape index (κ2) is 6.37. The molecule has 1 aliphatic carbocycles. The van der Waals surface area contributed by atoms with E-state index in [9.17, 15) is 9.50 Å². The molecule has 2 atom stereocenters. The van der Waals surface area contributed by atoms with Gasteiger partial charge in [-0.3, -0.25) is 0 Å². The van der Waals surface area contributed by atoms with Gasteiger partial charge in [-0.2, -0.15) is 0 Å². The Labute approximate surface area is 124 Å². The maximum absolute atomic E-state index is 13.7. The minimum absolute atomic E-state index is 0.243. The number of nitrogens with one attached hydrogen (secondary N) is 1. The van der Waals surface area contributed by atoms with Crippen molar-refractivity contribution in [3.8, 4) is 0 Å². The van der Waals surface area contributed by atoms with Crippen LogP contribution >= 0.6 is 0 Å². The smallest absolute Gasteiger partial charge is 0.129 e. The van der Waals surface area contributed by atoms with Gasteiger partial charge in [0.15, 0.2) is 0 Å². The van der Waals surface area contributed by atoms with Gasteiger partial charge in [0.25, 0.3) is 0 Å². The molecule has 2 nitrogen and oxygen atoms in total. The third kappa shape index (κ3) is 3.49. The van der Waals surface area contributed by atoms with Crippen LogP contribution in [0.15, 0.2) is 54.6 Å². The molecule has 2 N–H and O–H groups in total. The second-order valence-electron chi connectivity index (χ2n) is 5.67. The van der Waals surface area contributed by atoms with Gasteiger partial charge in [-0.1, -0.05) is 48.5 Å². The number of hydrogen-bond acceptors (Lipinski definition) is 2. The first kappa shape index (κ1) is 14.2. The van der Waals surface area contributed by atoms with Gasteiger partial charge in [-0.25, -0.2) is 4.39 Å². The molecule has 3 rings (SSSR count). The molecule has 0 radical (unpaired) electrons. The number of rotatable bonds is 6. The minimum Gasteiger partial charge on any atom is -0.387 e. The Balaban J connectivity index is 1.66. The fourth-order valence-corrected chi connectivity index (χ4v) is 2.74. The van der Waals surface area contributed by atoms with Crippen LogP contribution in [0.2, 0.25) is 0 Å². The third-order valence-corrected chi connectivity index (χ3v) is 4.05. The molecule has 1 fully saturated rings. The number of aliphatic hydroxyl groups excluding tert-OH is 1. The lowest BCUT2D eigenvalue weighted by Crippen LogP contribution is -2.28. The average Bonchev–Trinajstić information content (AvgIpc) is 3.34. The Morgan fingerprint density at radius 3 is 2.38 bits per heavy atom. The second-order valence-corrected chi connectivity index (χ2v) is 5.67. The van der Waals surface area contributed by atoms with Gasteiger partial charge in [0, 0.05) is 18.2 Å². The van der Waals surface area contributed by atoms with Gasteiger partial charge in [-0.15, -0.1) is 0 Å². The van der Waals surface area contributed by atoms with E-state index < -0.39 is 6.10 Å². The molecule has 0 saturated heterocycles. The average molecular weight is 285 g/mol. The van der Waals surface area contributed by atoms with Gasteiger partial charge in [-0.05, 0) is 30.4 Å². The van der Waals surface area contributed by atoms with E-state index in [4.69, 9.17) is 0 Å². The first-order valence-corrected chi connectivity index (χ1v) is 7.46. The van der Waals surface area contributed by atoms with Crippen molar-refractivity contribution in [2.45, 2.75) is 25.0 Å². The topological polar surface area (TPSA) is 32.3 Å². The molecule has 0 heterocycles.